The fourth-order valence-electron chi connectivity index (χ4n) is 3.87. The lowest BCUT2D eigenvalue weighted by atomic mass is 10.1. The van der Waals surface area contributed by atoms with Gasteiger partial charge in [0.15, 0.2) is 17.3 Å². The Kier molecular flexibility index (Phi) is 7.18. The zero-order valence-corrected chi connectivity index (χ0v) is 19.4. The van der Waals surface area contributed by atoms with Crippen LogP contribution in [0.2, 0.25) is 0 Å². The van der Waals surface area contributed by atoms with E-state index in [4.69, 9.17) is 29.4 Å². The monoisotopic (exact) mass is 460 g/mol. The molecule has 0 amide bonds. The minimum absolute atomic E-state index is 0.0250. The smallest absolute Gasteiger partial charge is 0.351 e. The van der Waals surface area contributed by atoms with Gasteiger partial charge in [-0.1, -0.05) is 6.07 Å². The lowest BCUT2D eigenvalue weighted by Gasteiger charge is -2.24. The van der Waals surface area contributed by atoms with Gasteiger partial charge in [-0.05, 0) is 39.8 Å². The summed E-state index contributed by atoms with van der Waals surface area (Å²) in [6, 6.07) is 5.44. The maximum atomic E-state index is 12.9. The molecule has 0 spiro atoms. The van der Waals surface area contributed by atoms with Crippen molar-refractivity contribution in [3.63, 3.8) is 0 Å². The predicted molar refractivity (Wildman–Crippen MR) is 122 cm³/mol. The van der Waals surface area contributed by atoms with Crippen molar-refractivity contribution < 1.29 is 23.7 Å². The molecule has 3 heterocycles. The van der Waals surface area contributed by atoms with Crippen LogP contribution in [0.25, 0.3) is 0 Å². The highest BCUT2D eigenvalue weighted by atomic mass is 16.6. The Morgan fingerprint density at radius 2 is 2.06 bits per heavy atom. The number of benzene rings is 1. The first-order valence-corrected chi connectivity index (χ1v) is 11.3. The molecule has 0 saturated carbocycles. The van der Waals surface area contributed by atoms with Crippen LogP contribution in [-0.4, -0.2) is 53.7 Å². The van der Waals surface area contributed by atoms with Gasteiger partial charge in [0, 0.05) is 13.0 Å². The van der Waals surface area contributed by atoms with Crippen molar-refractivity contribution >= 4 is 11.5 Å². The van der Waals surface area contributed by atoms with Crippen LogP contribution in [0.1, 0.15) is 40.3 Å². The number of nitrogens with two attached hydrogens (primary N) is 1. The lowest BCUT2D eigenvalue weighted by molar-refractivity contribution is -0.0963. The third-order valence-electron chi connectivity index (χ3n) is 5.28. The van der Waals surface area contributed by atoms with Gasteiger partial charge in [-0.15, -0.1) is 0 Å². The standard InChI is InChI=1S/C23H32N4O6/c1-13(2)30-12-19-17(31-14(3)4)10-20(33-19)27-11-18-22(26-23(27)28)25-21-15(29-9-8-24)6-5-7-16(21)32-18/h5-7,11,13-14,17,19-20H,8-10,12,24H2,1-4H3,(H,25,26,28)/t17?,19-,20-/m1/s1. The Hall–Kier alpha value is -2.66. The summed E-state index contributed by atoms with van der Waals surface area (Å²) in [5.41, 5.74) is 5.70. The molecule has 0 aliphatic carbocycles. The number of ether oxygens (including phenoxy) is 5. The van der Waals surface area contributed by atoms with Crippen LogP contribution in [0.3, 0.4) is 0 Å². The Balaban J connectivity index is 1.57. The van der Waals surface area contributed by atoms with Gasteiger partial charge in [0.2, 0.25) is 0 Å². The van der Waals surface area contributed by atoms with E-state index in [0.29, 0.717) is 54.9 Å². The van der Waals surface area contributed by atoms with E-state index in [2.05, 4.69) is 10.3 Å². The molecule has 1 saturated heterocycles. The van der Waals surface area contributed by atoms with Crippen LogP contribution in [0.15, 0.2) is 29.2 Å². The first-order chi connectivity index (χ1) is 15.9. The molecule has 2 aromatic rings. The Morgan fingerprint density at radius 1 is 1.24 bits per heavy atom. The van der Waals surface area contributed by atoms with Crippen molar-refractivity contribution in [1.29, 1.82) is 0 Å². The third-order valence-corrected chi connectivity index (χ3v) is 5.28. The first-order valence-electron chi connectivity index (χ1n) is 11.3. The number of fused-ring (bicyclic) bond motifs is 2. The van der Waals surface area contributed by atoms with Crippen LogP contribution in [-0.2, 0) is 14.2 Å². The molecule has 1 fully saturated rings. The Labute approximate surface area is 192 Å². The zero-order chi connectivity index (χ0) is 23.5. The van der Waals surface area contributed by atoms with Crippen LogP contribution >= 0.6 is 0 Å². The van der Waals surface area contributed by atoms with Gasteiger partial charge in [-0.2, -0.15) is 4.98 Å². The number of hydrogen-bond donors (Lipinski definition) is 2. The molecule has 180 valence electrons. The fraction of sp³-hybridized carbons (Fsp3) is 0.565. The average molecular weight is 461 g/mol. The average Bonchev–Trinajstić information content (AvgIpc) is 3.16. The second-order valence-electron chi connectivity index (χ2n) is 8.61. The molecular formula is C23H32N4O6. The lowest BCUT2D eigenvalue weighted by Crippen LogP contribution is -2.32. The van der Waals surface area contributed by atoms with Gasteiger partial charge in [-0.25, -0.2) is 4.79 Å². The maximum Gasteiger partial charge on any atom is 0.351 e. The number of para-hydroxylation sites is 1. The predicted octanol–water partition coefficient (Wildman–Crippen LogP) is 2.94. The highest BCUT2D eigenvalue weighted by Gasteiger charge is 2.39. The number of anilines is 2. The Morgan fingerprint density at radius 3 is 2.79 bits per heavy atom. The van der Waals surface area contributed by atoms with E-state index in [-0.39, 0.29) is 24.4 Å². The molecule has 1 unspecified atom stereocenters. The number of nitrogens with one attached hydrogen (secondary N) is 1. The molecule has 33 heavy (non-hydrogen) atoms. The molecule has 1 aromatic carbocycles. The maximum absolute atomic E-state index is 12.9. The fourth-order valence-corrected chi connectivity index (χ4v) is 3.87. The van der Waals surface area contributed by atoms with E-state index in [0.717, 1.165) is 0 Å². The first kappa shape index (κ1) is 23.5. The molecule has 10 heteroatoms. The van der Waals surface area contributed by atoms with E-state index in [1.807, 2.05) is 39.8 Å². The zero-order valence-electron chi connectivity index (χ0n) is 19.4. The van der Waals surface area contributed by atoms with Crippen LogP contribution in [0.4, 0.5) is 11.5 Å². The second kappa shape index (κ2) is 10.1. The van der Waals surface area contributed by atoms with Gasteiger partial charge < -0.3 is 34.7 Å². The van der Waals surface area contributed by atoms with E-state index < -0.39 is 11.9 Å². The van der Waals surface area contributed by atoms with Crippen molar-refractivity contribution in [1.82, 2.24) is 9.55 Å². The summed E-state index contributed by atoms with van der Waals surface area (Å²) in [5.74, 6) is 1.89. The molecular weight excluding hydrogens is 428 g/mol. The third kappa shape index (κ3) is 5.30. The molecule has 0 radical (unpaired) electrons. The summed E-state index contributed by atoms with van der Waals surface area (Å²) in [6.45, 7) is 9.02. The van der Waals surface area contributed by atoms with Crippen molar-refractivity contribution in [2.75, 3.05) is 25.1 Å². The van der Waals surface area contributed by atoms with Crippen LogP contribution in [0, 0.1) is 0 Å². The van der Waals surface area contributed by atoms with E-state index in [1.165, 1.54) is 4.57 Å². The quantitative estimate of drug-likeness (QED) is 0.497. The molecule has 10 nitrogen and oxygen atoms in total. The minimum atomic E-state index is -0.538. The highest BCUT2D eigenvalue weighted by Crippen LogP contribution is 2.45. The van der Waals surface area contributed by atoms with Gasteiger partial charge in [0.25, 0.3) is 0 Å². The van der Waals surface area contributed by atoms with Crippen molar-refractivity contribution in [2.45, 2.75) is 64.8 Å². The second-order valence-corrected chi connectivity index (χ2v) is 8.61. The normalized spacial score (nSPS) is 21.5. The summed E-state index contributed by atoms with van der Waals surface area (Å²) < 4.78 is 31.2. The van der Waals surface area contributed by atoms with Crippen molar-refractivity contribution in [2.24, 2.45) is 5.73 Å². The molecule has 1 aromatic heterocycles. The number of hydrogen-bond acceptors (Lipinski definition) is 9. The number of nitrogens with zero attached hydrogens (tertiary/aromatic N) is 2. The largest absolute Gasteiger partial charge is 0.490 e. The van der Waals surface area contributed by atoms with E-state index in [9.17, 15) is 4.79 Å². The van der Waals surface area contributed by atoms with Gasteiger partial charge in [-0.3, -0.25) is 4.57 Å². The summed E-state index contributed by atoms with van der Waals surface area (Å²) in [7, 11) is 0. The molecule has 2 aliphatic heterocycles. The minimum Gasteiger partial charge on any atom is -0.490 e. The Bertz CT molecular complexity index is 1020. The van der Waals surface area contributed by atoms with Gasteiger partial charge in [0.05, 0.1) is 31.1 Å². The molecule has 4 rings (SSSR count). The van der Waals surface area contributed by atoms with Crippen molar-refractivity contribution in [3.8, 4) is 17.2 Å². The van der Waals surface area contributed by atoms with Crippen molar-refractivity contribution in [3.05, 3.63) is 34.9 Å². The molecule has 3 N–H and O–H groups in total. The molecule has 3 atom stereocenters. The van der Waals surface area contributed by atoms with Gasteiger partial charge >= 0.3 is 5.69 Å². The van der Waals surface area contributed by atoms with E-state index >= 15 is 0 Å². The number of rotatable bonds is 9. The summed E-state index contributed by atoms with van der Waals surface area (Å²) in [6.07, 6.45) is 1.20. The SMILES string of the molecule is CC(C)OC[C@H]1O[C@@H](n2cc3c(nc2=O)Nc2c(OCCN)cccc2O3)CC1OC(C)C. The summed E-state index contributed by atoms with van der Waals surface area (Å²) in [5, 5.41) is 3.15. The topological polar surface area (TPSA) is 119 Å². The summed E-state index contributed by atoms with van der Waals surface area (Å²) in [4.78, 5) is 17.1. The van der Waals surface area contributed by atoms with Crippen LogP contribution < -0.4 is 26.2 Å². The molecule has 0 bridgehead atoms. The highest BCUT2D eigenvalue weighted by molar-refractivity contribution is 5.77. The molecule has 2 aliphatic rings. The van der Waals surface area contributed by atoms with Crippen LogP contribution in [0.5, 0.6) is 17.2 Å². The number of aromatic nitrogens is 2. The summed E-state index contributed by atoms with van der Waals surface area (Å²) >= 11 is 0. The van der Waals surface area contributed by atoms with Gasteiger partial charge in [0.1, 0.15) is 30.4 Å². The van der Waals surface area contributed by atoms with E-state index in [1.54, 1.807) is 12.3 Å².